The summed E-state index contributed by atoms with van der Waals surface area (Å²) in [7, 11) is 0. The first-order valence-electron chi connectivity index (χ1n) is 6.72. The van der Waals surface area contributed by atoms with E-state index in [-0.39, 0.29) is 6.04 Å². The molecule has 0 aliphatic carbocycles. The first-order chi connectivity index (χ1) is 9.13. The Labute approximate surface area is 115 Å². The van der Waals surface area contributed by atoms with Crippen LogP contribution in [0.3, 0.4) is 0 Å². The first-order valence-corrected chi connectivity index (χ1v) is 6.72. The quantitative estimate of drug-likeness (QED) is 0.872. The molecule has 0 radical (unpaired) electrons. The molecule has 1 unspecified atom stereocenters. The van der Waals surface area contributed by atoms with Gasteiger partial charge in [0.15, 0.2) is 0 Å². The number of para-hydroxylation sites is 1. The van der Waals surface area contributed by atoms with Crippen molar-refractivity contribution >= 4 is 5.69 Å². The number of nitrogens with two attached hydrogens (primary N) is 1. The molecule has 0 aromatic heterocycles. The first kappa shape index (κ1) is 13.6. The average molecular weight is 254 g/mol. The summed E-state index contributed by atoms with van der Waals surface area (Å²) in [4.78, 5) is 0. The predicted octanol–water partition coefficient (Wildman–Crippen LogP) is 3.72. The van der Waals surface area contributed by atoms with Crippen LogP contribution >= 0.6 is 0 Å². The van der Waals surface area contributed by atoms with E-state index >= 15 is 0 Å². The van der Waals surface area contributed by atoms with Gasteiger partial charge in [0.25, 0.3) is 0 Å². The van der Waals surface area contributed by atoms with Gasteiger partial charge in [-0.1, -0.05) is 36.4 Å². The molecule has 2 rings (SSSR count). The van der Waals surface area contributed by atoms with Gasteiger partial charge in [-0.2, -0.15) is 0 Å². The maximum atomic E-state index is 5.98. The zero-order valence-electron chi connectivity index (χ0n) is 11.9. The highest BCUT2D eigenvalue weighted by atomic mass is 14.9. The van der Waals surface area contributed by atoms with Crippen molar-refractivity contribution in [1.82, 2.24) is 0 Å². The van der Waals surface area contributed by atoms with Gasteiger partial charge in [0.1, 0.15) is 0 Å². The Kier molecular flexibility index (Phi) is 4.23. The summed E-state index contributed by atoms with van der Waals surface area (Å²) < 4.78 is 0. The molecule has 0 amide bonds. The summed E-state index contributed by atoms with van der Waals surface area (Å²) in [5.41, 5.74) is 12.3. The molecule has 0 heterocycles. The molecule has 2 nitrogen and oxygen atoms in total. The fraction of sp³-hybridized carbons (Fsp3) is 0.294. The lowest BCUT2D eigenvalue weighted by Gasteiger charge is -2.23. The molecule has 19 heavy (non-hydrogen) atoms. The van der Waals surface area contributed by atoms with Gasteiger partial charge in [0.05, 0.1) is 6.04 Å². The van der Waals surface area contributed by atoms with E-state index in [4.69, 9.17) is 5.73 Å². The van der Waals surface area contributed by atoms with Crippen LogP contribution < -0.4 is 11.1 Å². The Bertz CT molecular complexity index is 541. The normalized spacial score (nSPS) is 12.2. The van der Waals surface area contributed by atoms with E-state index in [1.807, 2.05) is 6.07 Å². The molecule has 0 aliphatic heterocycles. The molecular weight excluding hydrogens is 232 g/mol. The van der Waals surface area contributed by atoms with Crippen molar-refractivity contribution in [2.45, 2.75) is 26.8 Å². The number of aryl methyl sites for hydroxylation is 3. The van der Waals surface area contributed by atoms with Gasteiger partial charge in [-0.05, 0) is 49.1 Å². The number of hydrogen-bond donors (Lipinski definition) is 2. The van der Waals surface area contributed by atoms with Gasteiger partial charge in [-0.25, -0.2) is 0 Å². The molecular formula is C17H22N2. The summed E-state index contributed by atoms with van der Waals surface area (Å²) >= 11 is 0. The minimum absolute atomic E-state index is 0.155. The van der Waals surface area contributed by atoms with Crippen LogP contribution in [-0.2, 0) is 0 Å². The lowest BCUT2D eigenvalue weighted by molar-refractivity contribution is 0.776. The van der Waals surface area contributed by atoms with Crippen molar-refractivity contribution in [3.8, 4) is 0 Å². The van der Waals surface area contributed by atoms with E-state index in [0.717, 1.165) is 5.69 Å². The Morgan fingerprint density at radius 1 is 0.895 bits per heavy atom. The average Bonchev–Trinajstić information content (AvgIpc) is 2.39. The molecule has 2 aromatic rings. The molecule has 0 fully saturated rings. The molecule has 0 saturated carbocycles. The van der Waals surface area contributed by atoms with E-state index in [0.29, 0.717) is 6.54 Å². The molecule has 0 spiro atoms. The van der Waals surface area contributed by atoms with E-state index in [2.05, 4.69) is 62.5 Å². The maximum Gasteiger partial charge on any atom is 0.0641 e. The van der Waals surface area contributed by atoms with Crippen LogP contribution in [-0.4, -0.2) is 6.54 Å². The fourth-order valence-corrected chi connectivity index (χ4v) is 2.55. The Balaban J connectivity index is 2.34. The van der Waals surface area contributed by atoms with Gasteiger partial charge in [0, 0.05) is 12.2 Å². The number of nitrogens with one attached hydrogen (secondary N) is 1. The van der Waals surface area contributed by atoms with Crippen molar-refractivity contribution in [2.24, 2.45) is 5.73 Å². The predicted molar refractivity (Wildman–Crippen MR) is 82.5 cm³/mol. The second-order valence-electron chi connectivity index (χ2n) is 5.05. The molecule has 2 heteroatoms. The van der Waals surface area contributed by atoms with Gasteiger partial charge in [-0.3, -0.25) is 0 Å². The molecule has 100 valence electrons. The van der Waals surface area contributed by atoms with Crippen LogP contribution in [0, 0.1) is 20.8 Å². The van der Waals surface area contributed by atoms with E-state index in [1.54, 1.807) is 0 Å². The summed E-state index contributed by atoms with van der Waals surface area (Å²) in [6.07, 6.45) is 0. The lowest BCUT2D eigenvalue weighted by atomic mass is 9.95. The lowest BCUT2D eigenvalue weighted by Crippen LogP contribution is -2.22. The smallest absolute Gasteiger partial charge is 0.0641 e. The van der Waals surface area contributed by atoms with Crippen LogP contribution in [0.15, 0.2) is 42.5 Å². The van der Waals surface area contributed by atoms with E-state index in [1.165, 1.54) is 22.3 Å². The monoisotopic (exact) mass is 254 g/mol. The van der Waals surface area contributed by atoms with Crippen molar-refractivity contribution in [1.29, 1.82) is 0 Å². The fourth-order valence-electron chi connectivity index (χ4n) is 2.55. The standard InChI is InChI=1S/C17H22N2/c1-12-7-4-5-10-15(12)19-16(11-18)17-13(2)8-6-9-14(17)3/h4-10,16,19H,11,18H2,1-3H3. The molecule has 2 aromatic carbocycles. The summed E-state index contributed by atoms with van der Waals surface area (Å²) in [6.45, 7) is 6.98. The van der Waals surface area contributed by atoms with Crippen LogP contribution in [0.25, 0.3) is 0 Å². The SMILES string of the molecule is Cc1ccccc1NC(CN)c1c(C)cccc1C. The number of rotatable bonds is 4. The van der Waals surface area contributed by atoms with Gasteiger partial charge in [0.2, 0.25) is 0 Å². The Hall–Kier alpha value is -1.80. The highest BCUT2D eigenvalue weighted by Crippen LogP contribution is 2.26. The number of benzene rings is 2. The van der Waals surface area contributed by atoms with Crippen LogP contribution in [0.1, 0.15) is 28.3 Å². The molecule has 0 aliphatic rings. The number of anilines is 1. The van der Waals surface area contributed by atoms with Crippen molar-refractivity contribution in [3.63, 3.8) is 0 Å². The largest absolute Gasteiger partial charge is 0.377 e. The van der Waals surface area contributed by atoms with Crippen molar-refractivity contribution < 1.29 is 0 Å². The highest BCUT2D eigenvalue weighted by Gasteiger charge is 2.14. The number of hydrogen-bond acceptors (Lipinski definition) is 2. The highest BCUT2D eigenvalue weighted by molar-refractivity contribution is 5.53. The third-order valence-electron chi connectivity index (χ3n) is 3.60. The third kappa shape index (κ3) is 2.96. The molecule has 3 N–H and O–H groups in total. The zero-order chi connectivity index (χ0) is 13.8. The maximum absolute atomic E-state index is 5.98. The minimum atomic E-state index is 0.155. The summed E-state index contributed by atoms with van der Waals surface area (Å²) in [5, 5.41) is 3.57. The van der Waals surface area contributed by atoms with Crippen LogP contribution in [0.2, 0.25) is 0 Å². The second kappa shape index (κ2) is 5.89. The van der Waals surface area contributed by atoms with Gasteiger partial charge >= 0.3 is 0 Å². The Morgan fingerprint density at radius 2 is 1.47 bits per heavy atom. The second-order valence-corrected chi connectivity index (χ2v) is 5.05. The van der Waals surface area contributed by atoms with Gasteiger partial charge < -0.3 is 11.1 Å². The van der Waals surface area contributed by atoms with Crippen molar-refractivity contribution in [2.75, 3.05) is 11.9 Å². The van der Waals surface area contributed by atoms with Gasteiger partial charge in [-0.15, -0.1) is 0 Å². The van der Waals surface area contributed by atoms with E-state index < -0.39 is 0 Å². The Morgan fingerprint density at radius 3 is 2.05 bits per heavy atom. The van der Waals surface area contributed by atoms with Crippen LogP contribution in [0.5, 0.6) is 0 Å². The van der Waals surface area contributed by atoms with Crippen LogP contribution in [0.4, 0.5) is 5.69 Å². The molecule has 1 atom stereocenters. The zero-order valence-corrected chi connectivity index (χ0v) is 11.9. The topological polar surface area (TPSA) is 38.0 Å². The minimum Gasteiger partial charge on any atom is -0.377 e. The molecule has 0 saturated heterocycles. The third-order valence-corrected chi connectivity index (χ3v) is 3.60. The summed E-state index contributed by atoms with van der Waals surface area (Å²) in [5.74, 6) is 0. The molecule has 0 bridgehead atoms. The summed E-state index contributed by atoms with van der Waals surface area (Å²) in [6, 6.07) is 14.9. The van der Waals surface area contributed by atoms with E-state index in [9.17, 15) is 0 Å². The van der Waals surface area contributed by atoms with Crippen molar-refractivity contribution in [3.05, 3.63) is 64.7 Å².